The van der Waals surface area contributed by atoms with Gasteiger partial charge in [0.2, 0.25) is 0 Å². The summed E-state index contributed by atoms with van der Waals surface area (Å²) in [6, 6.07) is 19.2. The summed E-state index contributed by atoms with van der Waals surface area (Å²) in [6.07, 6.45) is 0. The lowest BCUT2D eigenvalue weighted by Crippen LogP contribution is -2.37. The van der Waals surface area contributed by atoms with E-state index in [2.05, 4.69) is 5.32 Å². The zero-order chi connectivity index (χ0) is 28.4. The van der Waals surface area contributed by atoms with Crippen LogP contribution in [0, 0.1) is 0 Å². The minimum atomic E-state index is -4.28. The Kier molecular flexibility index (Phi) is 10.8. The fourth-order valence-electron chi connectivity index (χ4n) is 4.35. The quantitative estimate of drug-likeness (QED) is 0.204. The summed E-state index contributed by atoms with van der Waals surface area (Å²) < 4.78 is 35.9. The molecule has 208 valence electrons. The van der Waals surface area contributed by atoms with Crippen LogP contribution in [0.25, 0.3) is 10.8 Å². The molecule has 0 spiro atoms. The molecule has 0 heterocycles. The second-order valence-electron chi connectivity index (χ2n) is 8.37. The Morgan fingerprint density at radius 3 is 1.95 bits per heavy atom. The maximum absolute atomic E-state index is 14.1. The third kappa shape index (κ3) is 6.92. The Morgan fingerprint density at radius 2 is 1.33 bits per heavy atom. The first-order valence-corrected chi connectivity index (χ1v) is 14.5. The van der Waals surface area contributed by atoms with Gasteiger partial charge < -0.3 is 23.8 Å². The highest BCUT2D eigenvalue weighted by Gasteiger charge is 2.52. The first-order chi connectivity index (χ1) is 18.8. The normalized spacial score (nSPS) is 12.9. The van der Waals surface area contributed by atoms with Gasteiger partial charge in [0.1, 0.15) is 5.92 Å². The van der Waals surface area contributed by atoms with Crippen LogP contribution in [0.5, 0.6) is 0 Å². The molecule has 0 aliphatic heterocycles. The number of anilines is 1. The lowest BCUT2D eigenvalue weighted by atomic mass is 9.90. The molecule has 1 amide bonds. The number of carbonyl (C=O) groups is 3. The van der Waals surface area contributed by atoms with Crippen molar-refractivity contribution in [1.82, 2.24) is 0 Å². The van der Waals surface area contributed by atoms with E-state index in [1.807, 2.05) is 12.1 Å². The van der Waals surface area contributed by atoms with Crippen molar-refractivity contribution in [3.8, 4) is 0 Å². The van der Waals surface area contributed by atoms with Gasteiger partial charge in [0.25, 0.3) is 5.91 Å². The molecular weight excluding hydrogens is 521 g/mol. The monoisotopic (exact) mass is 555 g/mol. The van der Waals surface area contributed by atoms with Crippen LogP contribution in [-0.2, 0) is 32.7 Å². The zero-order valence-corrected chi connectivity index (χ0v) is 23.4. The van der Waals surface area contributed by atoms with Crippen molar-refractivity contribution in [2.75, 3.05) is 31.7 Å². The number of hydrogen-bond acceptors (Lipinski definition) is 8. The van der Waals surface area contributed by atoms with E-state index in [0.29, 0.717) is 10.9 Å². The smallest absolute Gasteiger partial charge is 0.346 e. The Hall–Kier alpha value is -3.52. The van der Waals surface area contributed by atoms with E-state index in [1.54, 1.807) is 82.3 Å². The van der Waals surface area contributed by atoms with Crippen molar-refractivity contribution < 1.29 is 37.5 Å². The molecule has 39 heavy (non-hydrogen) atoms. The van der Waals surface area contributed by atoms with Crippen LogP contribution >= 0.6 is 7.60 Å². The summed E-state index contributed by atoms with van der Waals surface area (Å²) in [5.74, 6) is -3.68. The highest BCUT2D eigenvalue weighted by molar-refractivity contribution is 7.55. The van der Waals surface area contributed by atoms with E-state index < -0.39 is 37.0 Å². The van der Waals surface area contributed by atoms with Crippen LogP contribution in [0.4, 0.5) is 5.69 Å². The molecule has 1 N–H and O–H groups in total. The minimum Gasteiger partial charge on any atom is -0.465 e. The number of carbonyl (C=O) groups excluding carboxylic acids is 3. The number of nitrogens with one attached hydrogen (secondary N) is 1. The van der Waals surface area contributed by atoms with Crippen molar-refractivity contribution in [3.05, 3.63) is 77.9 Å². The summed E-state index contributed by atoms with van der Waals surface area (Å²) in [4.78, 5) is 40.4. The second-order valence-corrected chi connectivity index (χ2v) is 10.5. The van der Waals surface area contributed by atoms with E-state index in [9.17, 15) is 18.9 Å². The van der Waals surface area contributed by atoms with E-state index in [0.717, 1.165) is 5.39 Å². The molecule has 0 aromatic heterocycles. The maximum atomic E-state index is 14.1. The number of benzene rings is 3. The molecule has 2 atom stereocenters. The number of esters is 2. The second kappa shape index (κ2) is 14.0. The van der Waals surface area contributed by atoms with Crippen molar-refractivity contribution >= 4 is 41.9 Å². The number of hydrogen-bond donors (Lipinski definition) is 1. The molecule has 0 aliphatic carbocycles. The molecule has 3 rings (SSSR count). The first-order valence-electron chi connectivity index (χ1n) is 12.9. The predicted octanol–water partition coefficient (Wildman–Crippen LogP) is 5.94. The molecule has 0 fully saturated rings. The van der Waals surface area contributed by atoms with Gasteiger partial charge in [-0.15, -0.1) is 0 Å². The molecule has 0 bridgehead atoms. The first kappa shape index (κ1) is 30.0. The minimum absolute atomic E-state index is 0.00224. The molecule has 0 radical (unpaired) electrons. The SMILES string of the molecule is CCOC(=O)C(c1ccc2ccccc2c1NC(=O)c1ccccc1)C(C(=O)OCC)P(=O)(OCC)OCC. The van der Waals surface area contributed by atoms with E-state index in [4.69, 9.17) is 18.5 Å². The fourth-order valence-corrected chi connectivity index (χ4v) is 6.45. The molecule has 10 heteroatoms. The van der Waals surface area contributed by atoms with Crippen molar-refractivity contribution in [1.29, 1.82) is 0 Å². The van der Waals surface area contributed by atoms with Gasteiger partial charge in [-0.05, 0) is 50.8 Å². The lowest BCUT2D eigenvalue weighted by Gasteiger charge is -2.31. The van der Waals surface area contributed by atoms with E-state index >= 15 is 0 Å². The number of ether oxygens (including phenoxy) is 2. The van der Waals surface area contributed by atoms with Gasteiger partial charge in [0.05, 0.1) is 32.1 Å². The van der Waals surface area contributed by atoms with Gasteiger partial charge >= 0.3 is 19.5 Å². The van der Waals surface area contributed by atoms with Crippen LogP contribution in [0.15, 0.2) is 66.7 Å². The van der Waals surface area contributed by atoms with E-state index in [1.165, 1.54) is 0 Å². The molecule has 0 aliphatic rings. The van der Waals surface area contributed by atoms with Crippen LogP contribution in [0.1, 0.15) is 49.5 Å². The van der Waals surface area contributed by atoms with Crippen molar-refractivity contribution in [2.24, 2.45) is 0 Å². The number of rotatable bonds is 13. The standard InChI is InChI=1S/C29H34NO8P/c1-5-35-28(32)24(26(29(33)36-6-2)39(34,37-7-3)38-8-4)23-19-18-20-14-12-13-17-22(20)25(23)30-27(31)21-15-10-9-11-16-21/h9-19,24,26H,5-8H2,1-4H3,(H,30,31). The zero-order valence-electron chi connectivity index (χ0n) is 22.5. The Morgan fingerprint density at radius 1 is 0.744 bits per heavy atom. The molecular formula is C29H34NO8P. The Balaban J connectivity index is 2.32. The van der Waals surface area contributed by atoms with Gasteiger partial charge in [0.15, 0.2) is 5.66 Å². The third-order valence-corrected chi connectivity index (χ3v) is 8.34. The number of amides is 1. The van der Waals surface area contributed by atoms with Gasteiger partial charge in [-0.1, -0.05) is 54.6 Å². The molecule has 2 unspecified atom stereocenters. The molecule has 9 nitrogen and oxygen atoms in total. The largest absolute Gasteiger partial charge is 0.465 e. The Bertz CT molecular complexity index is 1330. The van der Waals surface area contributed by atoms with Gasteiger partial charge in [-0.25, -0.2) is 0 Å². The topological polar surface area (TPSA) is 117 Å². The fraction of sp³-hybridized carbons (Fsp3) is 0.345. The Labute approximate surface area is 228 Å². The van der Waals surface area contributed by atoms with Crippen LogP contribution in [0.2, 0.25) is 0 Å². The number of fused-ring (bicyclic) bond motifs is 1. The van der Waals surface area contributed by atoms with Gasteiger partial charge in [0, 0.05) is 10.9 Å². The summed E-state index contributed by atoms with van der Waals surface area (Å²) in [5, 5.41) is 4.30. The summed E-state index contributed by atoms with van der Waals surface area (Å²) in [5.41, 5.74) is -0.812. The van der Waals surface area contributed by atoms with Gasteiger partial charge in [-0.2, -0.15) is 0 Å². The van der Waals surface area contributed by atoms with Gasteiger partial charge in [-0.3, -0.25) is 18.9 Å². The molecule has 3 aromatic rings. The summed E-state index contributed by atoms with van der Waals surface area (Å²) in [7, 11) is -4.28. The lowest BCUT2D eigenvalue weighted by molar-refractivity contribution is -0.151. The molecule has 3 aromatic carbocycles. The third-order valence-electron chi connectivity index (χ3n) is 5.91. The van der Waals surface area contributed by atoms with Crippen molar-refractivity contribution in [3.63, 3.8) is 0 Å². The predicted molar refractivity (Wildman–Crippen MR) is 149 cm³/mol. The van der Waals surface area contributed by atoms with Crippen molar-refractivity contribution in [2.45, 2.75) is 39.3 Å². The highest BCUT2D eigenvalue weighted by Crippen LogP contribution is 2.59. The molecule has 0 saturated carbocycles. The highest BCUT2D eigenvalue weighted by atomic mass is 31.2. The average molecular weight is 556 g/mol. The van der Waals surface area contributed by atoms with E-state index in [-0.39, 0.29) is 37.7 Å². The summed E-state index contributed by atoms with van der Waals surface area (Å²) >= 11 is 0. The molecule has 0 saturated heterocycles. The van der Waals surface area contributed by atoms with Crippen LogP contribution < -0.4 is 5.32 Å². The summed E-state index contributed by atoms with van der Waals surface area (Å²) in [6.45, 7) is 6.31. The average Bonchev–Trinajstić information content (AvgIpc) is 2.93. The van der Waals surface area contributed by atoms with Crippen LogP contribution in [0.3, 0.4) is 0 Å². The maximum Gasteiger partial charge on any atom is 0.346 e. The van der Waals surface area contributed by atoms with Crippen LogP contribution in [-0.4, -0.2) is 49.9 Å².